The minimum atomic E-state index is -0.614. The van der Waals surface area contributed by atoms with E-state index in [0.717, 1.165) is 0 Å². The monoisotopic (exact) mass is 455 g/mol. The van der Waals surface area contributed by atoms with Crippen LogP contribution in [0.1, 0.15) is 26.7 Å². The van der Waals surface area contributed by atoms with E-state index < -0.39 is 11.9 Å². The van der Waals surface area contributed by atoms with Crippen molar-refractivity contribution in [3.63, 3.8) is 0 Å². The molecule has 3 rings (SSSR count). The van der Waals surface area contributed by atoms with Gasteiger partial charge in [-0.3, -0.25) is 4.79 Å². The van der Waals surface area contributed by atoms with Gasteiger partial charge in [0, 0.05) is 16.6 Å². The number of amides is 1. The van der Waals surface area contributed by atoms with Crippen LogP contribution in [-0.4, -0.2) is 37.8 Å². The number of nitrogens with one attached hydrogen (secondary N) is 1. The van der Waals surface area contributed by atoms with Crippen LogP contribution in [0.4, 0.5) is 5.69 Å². The van der Waals surface area contributed by atoms with Crippen molar-refractivity contribution in [2.75, 3.05) is 25.3 Å². The Kier molecular flexibility index (Phi) is 7.93. The fourth-order valence-electron chi connectivity index (χ4n) is 2.68. The molecule has 1 N–H and O–H groups in total. The van der Waals surface area contributed by atoms with Crippen LogP contribution in [0.5, 0.6) is 5.75 Å². The standard InChI is InChI=1S/C23H21NO7S/c1-28-16-7-5-6-15(12-16)24-21(25)14-32-20-9-4-3-8-18(20)22(26)30-13-17-10-11-19(31-17)23(27)29-2/h3-12H,13-14H2,1-2H3,(H,24,25). The molecule has 0 unspecified atom stereocenters. The summed E-state index contributed by atoms with van der Waals surface area (Å²) in [6.45, 7) is -0.148. The van der Waals surface area contributed by atoms with Crippen molar-refractivity contribution in [1.82, 2.24) is 0 Å². The SMILES string of the molecule is COC(=O)c1ccc(COC(=O)c2ccccc2SCC(=O)Nc2cccc(OC)c2)o1. The largest absolute Gasteiger partial charge is 0.497 e. The third-order valence-corrected chi connectivity index (χ3v) is 5.29. The summed E-state index contributed by atoms with van der Waals surface area (Å²) in [6.07, 6.45) is 0. The Balaban J connectivity index is 1.57. The first-order valence-electron chi connectivity index (χ1n) is 9.50. The highest BCUT2D eigenvalue weighted by molar-refractivity contribution is 8.00. The van der Waals surface area contributed by atoms with Gasteiger partial charge in [0.05, 0.1) is 25.5 Å². The number of thioether (sulfide) groups is 1. The molecule has 0 saturated carbocycles. The second-order valence-electron chi connectivity index (χ2n) is 6.40. The predicted molar refractivity (Wildman–Crippen MR) is 118 cm³/mol. The van der Waals surface area contributed by atoms with Gasteiger partial charge in [-0.15, -0.1) is 11.8 Å². The molecule has 0 bridgehead atoms. The number of hydrogen-bond donors (Lipinski definition) is 1. The van der Waals surface area contributed by atoms with Crippen molar-refractivity contribution in [2.24, 2.45) is 0 Å². The first kappa shape index (κ1) is 23.0. The van der Waals surface area contributed by atoms with Crippen LogP contribution in [0, 0.1) is 0 Å². The molecule has 0 radical (unpaired) electrons. The lowest BCUT2D eigenvalue weighted by Gasteiger charge is -2.10. The van der Waals surface area contributed by atoms with Crippen LogP contribution in [-0.2, 0) is 20.9 Å². The Morgan fingerprint density at radius 2 is 1.78 bits per heavy atom. The van der Waals surface area contributed by atoms with Gasteiger partial charge in [-0.1, -0.05) is 18.2 Å². The molecular weight excluding hydrogens is 434 g/mol. The smallest absolute Gasteiger partial charge is 0.373 e. The van der Waals surface area contributed by atoms with E-state index in [-0.39, 0.29) is 24.0 Å². The van der Waals surface area contributed by atoms with Crippen LogP contribution < -0.4 is 10.1 Å². The summed E-state index contributed by atoms with van der Waals surface area (Å²) in [5.74, 6) is -0.342. The van der Waals surface area contributed by atoms with E-state index in [2.05, 4.69) is 10.1 Å². The number of ether oxygens (including phenoxy) is 3. The van der Waals surface area contributed by atoms with E-state index in [1.807, 2.05) is 0 Å². The minimum absolute atomic E-state index is 0.0246. The highest BCUT2D eigenvalue weighted by Gasteiger charge is 2.16. The molecule has 0 aliphatic carbocycles. The lowest BCUT2D eigenvalue weighted by atomic mass is 10.2. The highest BCUT2D eigenvalue weighted by atomic mass is 32.2. The third kappa shape index (κ3) is 6.14. The fraction of sp³-hybridized carbons (Fsp3) is 0.174. The van der Waals surface area contributed by atoms with Crippen molar-refractivity contribution >= 4 is 35.3 Å². The Labute approximate surface area is 188 Å². The molecule has 2 aromatic carbocycles. The summed E-state index contributed by atoms with van der Waals surface area (Å²) in [5.41, 5.74) is 0.943. The number of esters is 2. The molecule has 0 saturated heterocycles. The molecule has 9 heteroatoms. The van der Waals surface area contributed by atoms with Gasteiger partial charge in [-0.2, -0.15) is 0 Å². The van der Waals surface area contributed by atoms with E-state index in [1.54, 1.807) is 55.6 Å². The van der Waals surface area contributed by atoms with Gasteiger partial charge in [0.2, 0.25) is 11.7 Å². The van der Waals surface area contributed by atoms with Crippen molar-refractivity contribution in [2.45, 2.75) is 11.5 Å². The van der Waals surface area contributed by atoms with Crippen molar-refractivity contribution in [3.8, 4) is 5.75 Å². The molecule has 3 aromatic rings. The molecule has 0 spiro atoms. The van der Waals surface area contributed by atoms with Gasteiger partial charge < -0.3 is 23.9 Å². The number of methoxy groups -OCH3 is 2. The van der Waals surface area contributed by atoms with E-state index in [0.29, 0.717) is 27.7 Å². The van der Waals surface area contributed by atoms with Crippen molar-refractivity contribution in [1.29, 1.82) is 0 Å². The average molecular weight is 455 g/mol. The third-order valence-electron chi connectivity index (χ3n) is 4.21. The second kappa shape index (κ2) is 11.1. The molecule has 32 heavy (non-hydrogen) atoms. The molecule has 8 nitrogen and oxygen atoms in total. The minimum Gasteiger partial charge on any atom is -0.497 e. The second-order valence-corrected chi connectivity index (χ2v) is 7.42. The lowest BCUT2D eigenvalue weighted by molar-refractivity contribution is -0.113. The van der Waals surface area contributed by atoms with Gasteiger partial charge in [0.15, 0.2) is 0 Å². The number of anilines is 1. The maximum atomic E-state index is 12.6. The van der Waals surface area contributed by atoms with Crippen molar-refractivity contribution < 1.29 is 33.0 Å². The van der Waals surface area contributed by atoms with Crippen LogP contribution in [0.25, 0.3) is 0 Å². The maximum absolute atomic E-state index is 12.6. The lowest BCUT2D eigenvalue weighted by Crippen LogP contribution is -2.14. The van der Waals surface area contributed by atoms with E-state index in [9.17, 15) is 14.4 Å². The van der Waals surface area contributed by atoms with Crippen LogP contribution in [0.2, 0.25) is 0 Å². The number of rotatable bonds is 9. The average Bonchev–Trinajstić information content (AvgIpc) is 3.30. The van der Waals surface area contributed by atoms with Gasteiger partial charge in [0.25, 0.3) is 0 Å². The first-order valence-corrected chi connectivity index (χ1v) is 10.5. The molecule has 1 amide bonds. The molecule has 0 aliphatic rings. The van der Waals surface area contributed by atoms with Crippen LogP contribution >= 0.6 is 11.8 Å². The highest BCUT2D eigenvalue weighted by Crippen LogP contribution is 2.24. The van der Waals surface area contributed by atoms with Gasteiger partial charge >= 0.3 is 11.9 Å². The van der Waals surface area contributed by atoms with Gasteiger partial charge in [-0.05, 0) is 36.4 Å². The van der Waals surface area contributed by atoms with E-state index >= 15 is 0 Å². The number of hydrogen-bond acceptors (Lipinski definition) is 8. The summed E-state index contributed by atoms with van der Waals surface area (Å²) in [5, 5.41) is 2.79. The quantitative estimate of drug-likeness (QED) is 0.379. The van der Waals surface area contributed by atoms with E-state index in [4.69, 9.17) is 13.9 Å². The molecule has 1 heterocycles. The first-order chi connectivity index (χ1) is 15.5. The Hall–Kier alpha value is -3.72. The molecule has 0 atom stereocenters. The van der Waals surface area contributed by atoms with Crippen LogP contribution in [0.15, 0.2) is 70.0 Å². The molecule has 166 valence electrons. The number of carbonyl (C=O) groups is 3. The van der Waals surface area contributed by atoms with Crippen LogP contribution in [0.3, 0.4) is 0 Å². The predicted octanol–water partition coefficient (Wildman–Crippen LogP) is 4.16. The summed E-state index contributed by atoms with van der Waals surface area (Å²) in [6, 6.07) is 16.8. The van der Waals surface area contributed by atoms with Gasteiger partial charge in [0.1, 0.15) is 18.1 Å². The summed E-state index contributed by atoms with van der Waals surface area (Å²) >= 11 is 1.22. The zero-order valence-electron chi connectivity index (χ0n) is 17.5. The van der Waals surface area contributed by atoms with E-state index in [1.165, 1.54) is 31.0 Å². The zero-order chi connectivity index (χ0) is 22.9. The molecule has 1 aromatic heterocycles. The van der Waals surface area contributed by atoms with Crippen molar-refractivity contribution in [3.05, 3.63) is 77.7 Å². The topological polar surface area (TPSA) is 104 Å². The number of carbonyl (C=O) groups excluding carboxylic acids is 3. The zero-order valence-corrected chi connectivity index (χ0v) is 18.3. The fourth-order valence-corrected chi connectivity index (χ4v) is 3.52. The number of furan rings is 1. The molecular formula is C23H21NO7S. The Morgan fingerprint density at radius 3 is 2.56 bits per heavy atom. The Bertz CT molecular complexity index is 1110. The maximum Gasteiger partial charge on any atom is 0.373 e. The molecule has 0 fully saturated rings. The summed E-state index contributed by atoms with van der Waals surface area (Å²) < 4.78 is 20.3. The summed E-state index contributed by atoms with van der Waals surface area (Å²) in [4.78, 5) is 36.9. The number of benzene rings is 2. The normalized spacial score (nSPS) is 10.3. The Morgan fingerprint density at radius 1 is 0.969 bits per heavy atom. The molecule has 0 aliphatic heterocycles. The van der Waals surface area contributed by atoms with Gasteiger partial charge in [-0.25, -0.2) is 9.59 Å². The summed E-state index contributed by atoms with van der Waals surface area (Å²) in [7, 11) is 2.80.